The maximum Gasteiger partial charge on any atom is 0.238 e. The number of nitrogens with zero attached hydrogens (tertiary/aromatic N) is 1. The summed E-state index contributed by atoms with van der Waals surface area (Å²) in [6.07, 6.45) is 3.13. The third-order valence-electron chi connectivity index (χ3n) is 6.98. The number of carbonyl (C=O) groups is 1. The SMILES string of the molecule is C=C(C)[C@@H](C)CC(=O)N1[C@H]2C[C@@H]3CC[C@@]2(CS1(=O)=O)C3(C)C. The Labute approximate surface area is 134 Å². The van der Waals surface area contributed by atoms with Crippen molar-refractivity contribution in [3.05, 3.63) is 12.2 Å². The zero-order chi connectivity index (χ0) is 16.5. The molecule has 2 bridgehead atoms. The van der Waals surface area contributed by atoms with E-state index in [1.165, 1.54) is 4.31 Å². The molecule has 5 heteroatoms. The normalized spacial score (nSPS) is 38.8. The van der Waals surface area contributed by atoms with Gasteiger partial charge in [0.2, 0.25) is 15.9 Å². The smallest absolute Gasteiger partial charge is 0.238 e. The topological polar surface area (TPSA) is 54.5 Å². The van der Waals surface area contributed by atoms with E-state index >= 15 is 0 Å². The summed E-state index contributed by atoms with van der Waals surface area (Å²) in [5.74, 6) is 0.481. The van der Waals surface area contributed by atoms with Crippen molar-refractivity contribution in [3.63, 3.8) is 0 Å². The van der Waals surface area contributed by atoms with Gasteiger partial charge in [-0.25, -0.2) is 12.7 Å². The van der Waals surface area contributed by atoms with E-state index < -0.39 is 10.0 Å². The number of carbonyl (C=O) groups excluding carboxylic acids is 1. The van der Waals surface area contributed by atoms with Gasteiger partial charge in [0.15, 0.2) is 0 Å². The van der Waals surface area contributed by atoms with E-state index in [1.54, 1.807) is 0 Å². The van der Waals surface area contributed by atoms with Crippen LogP contribution in [0.3, 0.4) is 0 Å². The maximum atomic E-state index is 12.7. The van der Waals surface area contributed by atoms with Crippen molar-refractivity contribution in [1.82, 2.24) is 4.31 Å². The first-order valence-corrected chi connectivity index (χ1v) is 9.84. The van der Waals surface area contributed by atoms with E-state index in [9.17, 15) is 13.2 Å². The van der Waals surface area contributed by atoms with Gasteiger partial charge in [-0.3, -0.25) is 4.79 Å². The van der Waals surface area contributed by atoms with Crippen molar-refractivity contribution < 1.29 is 13.2 Å². The Hall–Kier alpha value is -0.840. The summed E-state index contributed by atoms with van der Waals surface area (Å²) in [7, 11) is -3.48. The number of allylic oxidation sites excluding steroid dienone is 1. The second kappa shape index (κ2) is 4.59. The average Bonchev–Trinajstić information content (AvgIpc) is 2.84. The van der Waals surface area contributed by atoms with Gasteiger partial charge >= 0.3 is 0 Å². The Kier molecular flexibility index (Phi) is 3.34. The standard InChI is InChI=1S/C17H27NO3S/c1-11(2)12(3)8-15(19)18-14-9-13-6-7-17(14,16(13,4)5)10-22(18,20)21/h12-14H,1,6-10H2,2-5H3/t12-,13-,14-,17-/m0/s1. The molecule has 4 nitrogen and oxygen atoms in total. The van der Waals surface area contributed by atoms with E-state index in [2.05, 4.69) is 20.4 Å². The monoisotopic (exact) mass is 325 g/mol. The molecule has 1 heterocycles. The Morgan fingerprint density at radius 1 is 1.41 bits per heavy atom. The first-order valence-electron chi connectivity index (χ1n) is 8.23. The minimum atomic E-state index is -3.48. The van der Waals surface area contributed by atoms with E-state index in [1.807, 2.05) is 13.8 Å². The molecule has 1 aliphatic heterocycles. The average molecular weight is 325 g/mol. The fourth-order valence-corrected chi connectivity index (χ4v) is 7.70. The number of hydrogen-bond acceptors (Lipinski definition) is 3. The Morgan fingerprint density at radius 3 is 2.59 bits per heavy atom. The highest BCUT2D eigenvalue weighted by molar-refractivity contribution is 7.90. The third kappa shape index (κ3) is 1.87. The molecular weight excluding hydrogens is 298 g/mol. The minimum absolute atomic E-state index is 0.0136. The van der Waals surface area contributed by atoms with Crippen molar-refractivity contribution in [1.29, 1.82) is 0 Å². The van der Waals surface area contributed by atoms with Crippen LogP contribution in [0.2, 0.25) is 0 Å². The van der Waals surface area contributed by atoms with Gasteiger partial charge in [-0.2, -0.15) is 0 Å². The van der Waals surface area contributed by atoms with Gasteiger partial charge in [-0.15, -0.1) is 0 Å². The first kappa shape index (κ1) is 16.0. The van der Waals surface area contributed by atoms with E-state index in [-0.39, 0.29) is 40.9 Å². The summed E-state index contributed by atoms with van der Waals surface area (Å²) in [5.41, 5.74) is 0.714. The fraction of sp³-hybridized carbons (Fsp3) is 0.824. The molecule has 0 aromatic rings. The van der Waals surface area contributed by atoms with Crippen LogP contribution in [0, 0.1) is 22.7 Å². The number of sulfonamides is 1. The van der Waals surface area contributed by atoms with Gasteiger partial charge in [0.05, 0.1) is 11.8 Å². The molecular formula is C17H27NO3S. The fourth-order valence-electron chi connectivity index (χ4n) is 5.14. The lowest BCUT2D eigenvalue weighted by Gasteiger charge is -2.37. The molecule has 124 valence electrons. The molecule has 1 amide bonds. The van der Waals surface area contributed by atoms with Crippen molar-refractivity contribution in [3.8, 4) is 0 Å². The number of fused-ring (bicyclic) bond motifs is 1. The molecule has 4 atom stereocenters. The van der Waals surface area contributed by atoms with Crippen LogP contribution in [0.4, 0.5) is 0 Å². The van der Waals surface area contributed by atoms with Gasteiger partial charge in [-0.1, -0.05) is 32.9 Å². The molecule has 22 heavy (non-hydrogen) atoms. The Bertz CT molecular complexity index is 636. The molecule has 2 saturated carbocycles. The van der Waals surface area contributed by atoms with Gasteiger partial charge < -0.3 is 0 Å². The van der Waals surface area contributed by atoms with Crippen LogP contribution in [0.5, 0.6) is 0 Å². The number of amides is 1. The van der Waals surface area contributed by atoms with Gasteiger partial charge in [-0.05, 0) is 43.4 Å². The first-order chi connectivity index (χ1) is 10.0. The van der Waals surface area contributed by atoms with Crippen molar-refractivity contribution in [2.24, 2.45) is 22.7 Å². The molecule has 0 N–H and O–H groups in total. The molecule has 0 radical (unpaired) electrons. The number of hydrogen-bond donors (Lipinski definition) is 0. The molecule has 3 fully saturated rings. The predicted molar refractivity (Wildman–Crippen MR) is 86.6 cm³/mol. The zero-order valence-corrected chi connectivity index (χ0v) is 14.9. The maximum absolute atomic E-state index is 12.7. The molecule has 3 rings (SSSR count). The Morgan fingerprint density at radius 2 is 2.05 bits per heavy atom. The van der Waals surface area contributed by atoms with Crippen LogP contribution in [0.25, 0.3) is 0 Å². The number of rotatable bonds is 3. The molecule has 3 aliphatic rings. The van der Waals surface area contributed by atoms with Crippen molar-refractivity contribution >= 4 is 15.9 Å². The van der Waals surface area contributed by atoms with Gasteiger partial charge in [0, 0.05) is 11.8 Å². The lowest BCUT2D eigenvalue weighted by molar-refractivity contribution is -0.129. The summed E-state index contributed by atoms with van der Waals surface area (Å²) in [5, 5.41) is 0. The third-order valence-corrected chi connectivity index (χ3v) is 8.92. The van der Waals surface area contributed by atoms with Gasteiger partial charge in [0.1, 0.15) is 0 Å². The molecule has 0 aromatic heterocycles. The highest BCUT2D eigenvalue weighted by Gasteiger charge is 2.72. The van der Waals surface area contributed by atoms with Crippen LogP contribution in [-0.4, -0.2) is 30.4 Å². The molecule has 0 aromatic carbocycles. The highest BCUT2D eigenvalue weighted by atomic mass is 32.2. The van der Waals surface area contributed by atoms with E-state index in [0.29, 0.717) is 5.92 Å². The summed E-state index contributed by atoms with van der Waals surface area (Å²) >= 11 is 0. The summed E-state index contributed by atoms with van der Waals surface area (Å²) in [6.45, 7) is 12.1. The van der Waals surface area contributed by atoms with Crippen molar-refractivity contribution in [2.45, 2.75) is 59.4 Å². The summed E-state index contributed by atoms with van der Waals surface area (Å²) in [4.78, 5) is 12.7. The molecule has 1 spiro atoms. The lowest BCUT2D eigenvalue weighted by Crippen LogP contribution is -2.44. The van der Waals surface area contributed by atoms with Crippen LogP contribution in [0.15, 0.2) is 12.2 Å². The molecule has 0 unspecified atom stereocenters. The molecule has 1 saturated heterocycles. The predicted octanol–water partition coefficient (Wildman–Crippen LogP) is 2.96. The highest BCUT2D eigenvalue weighted by Crippen LogP contribution is 2.70. The second-order valence-corrected chi connectivity index (χ2v) is 10.1. The van der Waals surface area contributed by atoms with Crippen LogP contribution < -0.4 is 0 Å². The quantitative estimate of drug-likeness (QED) is 0.750. The van der Waals surface area contributed by atoms with Crippen LogP contribution in [-0.2, 0) is 14.8 Å². The van der Waals surface area contributed by atoms with Crippen molar-refractivity contribution in [2.75, 3.05) is 5.75 Å². The second-order valence-electron chi connectivity index (χ2n) is 8.26. The summed E-state index contributed by atoms with van der Waals surface area (Å²) in [6, 6.07) is -0.115. The van der Waals surface area contributed by atoms with Crippen LogP contribution in [0.1, 0.15) is 53.4 Å². The van der Waals surface area contributed by atoms with Gasteiger partial charge in [0.25, 0.3) is 0 Å². The largest absolute Gasteiger partial charge is 0.274 e. The van der Waals surface area contributed by atoms with Crippen LogP contribution >= 0.6 is 0 Å². The summed E-state index contributed by atoms with van der Waals surface area (Å²) < 4.78 is 26.7. The lowest BCUT2D eigenvalue weighted by atomic mass is 9.69. The Balaban J connectivity index is 1.93. The molecule has 2 aliphatic carbocycles. The van der Waals surface area contributed by atoms with E-state index in [0.717, 1.165) is 24.8 Å². The van der Waals surface area contributed by atoms with E-state index in [4.69, 9.17) is 0 Å². The minimum Gasteiger partial charge on any atom is -0.274 e. The zero-order valence-electron chi connectivity index (χ0n) is 14.1.